The van der Waals surface area contributed by atoms with Crippen LogP contribution in [-0.4, -0.2) is 54.6 Å². The highest BCUT2D eigenvalue weighted by Gasteiger charge is 2.32. The molecule has 1 fully saturated rings. The summed E-state index contributed by atoms with van der Waals surface area (Å²) in [4.78, 5) is 22.8. The molecule has 0 aromatic heterocycles. The number of nitrogens with one attached hydrogen (secondary N) is 1. The molecule has 0 bridgehead atoms. The Morgan fingerprint density at radius 1 is 1.29 bits per heavy atom. The zero-order chi connectivity index (χ0) is 16.3. The number of hydrogen-bond donors (Lipinski definition) is 2. The highest BCUT2D eigenvalue weighted by molar-refractivity contribution is 7.89. The number of carboxylic acid groups (broad SMARTS) is 1. The number of carboxylic acids is 1. The molecule has 0 radical (unpaired) electrons. The minimum absolute atomic E-state index is 0.0802. The van der Waals surface area contributed by atoms with Gasteiger partial charge in [0.05, 0.1) is 11.2 Å². The van der Waals surface area contributed by atoms with E-state index < -0.39 is 21.4 Å². The van der Waals surface area contributed by atoms with E-state index >= 15 is 0 Å². The second-order valence-corrected chi connectivity index (χ2v) is 8.26. The normalized spacial score (nSPS) is 18.4. The van der Waals surface area contributed by atoms with Crippen LogP contribution in [0.3, 0.4) is 0 Å². The summed E-state index contributed by atoms with van der Waals surface area (Å²) >= 11 is 0. The van der Waals surface area contributed by atoms with Gasteiger partial charge >= 0.3 is 5.97 Å². The maximum atomic E-state index is 11.9. The van der Waals surface area contributed by atoms with Gasteiger partial charge in [-0.25, -0.2) is 12.7 Å². The summed E-state index contributed by atoms with van der Waals surface area (Å²) in [7, 11) is -3.17. The van der Waals surface area contributed by atoms with Gasteiger partial charge in [0.25, 0.3) is 0 Å². The lowest BCUT2D eigenvalue weighted by atomic mass is 9.89. The zero-order valence-corrected chi connectivity index (χ0v) is 13.6. The standard InChI is InChI=1S/C13H24N2O5S/c1-4-21(19,20)15-7-5-10(6-8-15)14-11(16)9-13(2,3)12(17)18/h10H,4-9H2,1-3H3,(H,14,16)(H,17,18). The molecule has 1 aliphatic rings. The van der Waals surface area contributed by atoms with Crippen molar-refractivity contribution in [1.29, 1.82) is 0 Å². The number of rotatable bonds is 6. The number of piperidine rings is 1. The number of sulfonamides is 1. The van der Waals surface area contributed by atoms with Crippen molar-refractivity contribution in [3.05, 3.63) is 0 Å². The molecule has 2 N–H and O–H groups in total. The lowest BCUT2D eigenvalue weighted by Gasteiger charge is -2.31. The monoisotopic (exact) mass is 320 g/mol. The van der Waals surface area contributed by atoms with Crippen LogP contribution in [0.15, 0.2) is 0 Å². The van der Waals surface area contributed by atoms with Crippen molar-refractivity contribution in [2.45, 2.75) is 46.1 Å². The molecule has 1 saturated heterocycles. The van der Waals surface area contributed by atoms with Gasteiger partial charge in [-0.3, -0.25) is 9.59 Å². The van der Waals surface area contributed by atoms with E-state index in [1.807, 2.05) is 0 Å². The number of nitrogens with zero attached hydrogens (tertiary/aromatic N) is 1. The number of carbonyl (C=O) groups excluding carboxylic acids is 1. The molecular weight excluding hydrogens is 296 g/mol. The first-order chi connectivity index (χ1) is 9.58. The van der Waals surface area contributed by atoms with E-state index in [0.29, 0.717) is 25.9 Å². The Kier molecular flexibility index (Phi) is 5.75. The predicted molar refractivity (Wildman–Crippen MR) is 78.2 cm³/mol. The molecule has 1 heterocycles. The molecule has 0 aromatic carbocycles. The molecule has 0 spiro atoms. The summed E-state index contributed by atoms with van der Waals surface area (Å²) in [5, 5.41) is 11.8. The number of aliphatic carboxylic acids is 1. The summed E-state index contributed by atoms with van der Waals surface area (Å²) in [6.07, 6.45) is 1.02. The van der Waals surface area contributed by atoms with Crippen LogP contribution >= 0.6 is 0 Å². The van der Waals surface area contributed by atoms with Gasteiger partial charge < -0.3 is 10.4 Å². The third kappa shape index (κ3) is 4.96. The summed E-state index contributed by atoms with van der Waals surface area (Å²) in [5.74, 6) is -1.24. The summed E-state index contributed by atoms with van der Waals surface area (Å²) < 4.78 is 24.9. The zero-order valence-electron chi connectivity index (χ0n) is 12.8. The Labute approximate surface area is 125 Å². The fourth-order valence-corrected chi connectivity index (χ4v) is 3.35. The molecule has 1 amide bonds. The molecule has 0 saturated carbocycles. The van der Waals surface area contributed by atoms with Gasteiger partial charge in [-0.15, -0.1) is 0 Å². The van der Waals surface area contributed by atoms with E-state index in [0.717, 1.165) is 0 Å². The van der Waals surface area contributed by atoms with Gasteiger partial charge in [0, 0.05) is 25.6 Å². The first-order valence-electron chi connectivity index (χ1n) is 7.09. The van der Waals surface area contributed by atoms with Crippen molar-refractivity contribution in [3.8, 4) is 0 Å². The van der Waals surface area contributed by atoms with Crippen LogP contribution < -0.4 is 5.32 Å². The highest BCUT2D eigenvalue weighted by Crippen LogP contribution is 2.21. The second kappa shape index (κ2) is 6.74. The first kappa shape index (κ1) is 17.9. The Morgan fingerprint density at radius 3 is 2.24 bits per heavy atom. The van der Waals surface area contributed by atoms with Crippen LogP contribution in [0.5, 0.6) is 0 Å². The SMILES string of the molecule is CCS(=O)(=O)N1CCC(NC(=O)CC(C)(C)C(=O)O)CC1. The van der Waals surface area contributed by atoms with E-state index in [9.17, 15) is 18.0 Å². The molecular formula is C13H24N2O5S. The molecule has 21 heavy (non-hydrogen) atoms. The van der Waals surface area contributed by atoms with Crippen LogP contribution in [0, 0.1) is 5.41 Å². The summed E-state index contributed by atoms with van der Waals surface area (Å²) in [6, 6.07) is -0.0922. The molecule has 0 atom stereocenters. The Balaban J connectivity index is 2.46. The highest BCUT2D eigenvalue weighted by atomic mass is 32.2. The molecule has 1 rings (SSSR count). The van der Waals surface area contributed by atoms with Gasteiger partial charge in [-0.1, -0.05) is 0 Å². The number of amides is 1. The molecule has 1 aliphatic heterocycles. The van der Waals surface area contributed by atoms with Crippen LogP contribution in [0.2, 0.25) is 0 Å². The molecule has 122 valence electrons. The van der Waals surface area contributed by atoms with Gasteiger partial charge in [-0.05, 0) is 33.6 Å². The summed E-state index contributed by atoms with van der Waals surface area (Å²) in [5.41, 5.74) is -1.10. The smallest absolute Gasteiger partial charge is 0.309 e. The average Bonchev–Trinajstić information content (AvgIpc) is 2.38. The van der Waals surface area contributed by atoms with Crippen molar-refractivity contribution in [2.24, 2.45) is 5.41 Å². The van der Waals surface area contributed by atoms with E-state index in [1.54, 1.807) is 6.92 Å². The van der Waals surface area contributed by atoms with Gasteiger partial charge in [0.1, 0.15) is 0 Å². The van der Waals surface area contributed by atoms with E-state index in [1.165, 1.54) is 18.2 Å². The predicted octanol–water partition coefficient (Wildman–Crippen LogP) is 0.418. The minimum atomic E-state index is -3.17. The molecule has 0 unspecified atom stereocenters. The third-order valence-electron chi connectivity index (χ3n) is 3.76. The molecule has 8 heteroatoms. The van der Waals surface area contributed by atoms with Crippen molar-refractivity contribution < 1.29 is 23.1 Å². The maximum Gasteiger partial charge on any atom is 0.309 e. The minimum Gasteiger partial charge on any atom is -0.481 e. The third-order valence-corrected chi connectivity index (χ3v) is 5.64. The number of carbonyl (C=O) groups is 2. The van der Waals surface area contributed by atoms with Crippen molar-refractivity contribution in [2.75, 3.05) is 18.8 Å². The first-order valence-corrected chi connectivity index (χ1v) is 8.70. The second-order valence-electron chi connectivity index (χ2n) is 6.01. The largest absolute Gasteiger partial charge is 0.481 e. The van der Waals surface area contributed by atoms with E-state index in [-0.39, 0.29) is 24.1 Å². The van der Waals surface area contributed by atoms with Gasteiger partial charge in [-0.2, -0.15) is 0 Å². The fourth-order valence-electron chi connectivity index (χ4n) is 2.22. The van der Waals surface area contributed by atoms with Crippen molar-refractivity contribution >= 4 is 21.9 Å². The van der Waals surface area contributed by atoms with Crippen LogP contribution in [0.25, 0.3) is 0 Å². The average molecular weight is 320 g/mol. The quantitative estimate of drug-likeness (QED) is 0.738. The van der Waals surface area contributed by atoms with Crippen LogP contribution in [-0.2, 0) is 19.6 Å². The van der Waals surface area contributed by atoms with E-state index in [2.05, 4.69) is 5.32 Å². The van der Waals surface area contributed by atoms with Crippen molar-refractivity contribution in [3.63, 3.8) is 0 Å². The van der Waals surface area contributed by atoms with Crippen LogP contribution in [0.4, 0.5) is 0 Å². The lowest BCUT2D eigenvalue weighted by molar-refractivity contribution is -0.149. The lowest BCUT2D eigenvalue weighted by Crippen LogP contribution is -2.47. The van der Waals surface area contributed by atoms with Gasteiger partial charge in [0.15, 0.2) is 0 Å². The Bertz CT molecular complexity index is 493. The Morgan fingerprint density at radius 2 is 1.81 bits per heavy atom. The molecule has 7 nitrogen and oxygen atoms in total. The Hall–Kier alpha value is -1.15. The number of hydrogen-bond acceptors (Lipinski definition) is 4. The fraction of sp³-hybridized carbons (Fsp3) is 0.846. The summed E-state index contributed by atoms with van der Waals surface area (Å²) in [6.45, 7) is 5.40. The van der Waals surface area contributed by atoms with Crippen LogP contribution in [0.1, 0.15) is 40.0 Å². The van der Waals surface area contributed by atoms with E-state index in [4.69, 9.17) is 5.11 Å². The van der Waals surface area contributed by atoms with Gasteiger partial charge in [0.2, 0.25) is 15.9 Å². The maximum absolute atomic E-state index is 11.9. The van der Waals surface area contributed by atoms with Crippen molar-refractivity contribution in [1.82, 2.24) is 9.62 Å². The topological polar surface area (TPSA) is 104 Å². The molecule has 0 aromatic rings. The molecule has 0 aliphatic carbocycles.